The first kappa shape index (κ1) is 16.5. The van der Waals surface area contributed by atoms with Gasteiger partial charge in [-0.1, -0.05) is 37.3 Å². The minimum absolute atomic E-state index is 0.130. The summed E-state index contributed by atoms with van der Waals surface area (Å²) in [5, 5.41) is 9.00. The van der Waals surface area contributed by atoms with Crippen molar-refractivity contribution in [3.8, 4) is 0 Å². The fourth-order valence-corrected chi connectivity index (χ4v) is 2.94. The average molecular weight is 305 g/mol. The van der Waals surface area contributed by atoms with Gasteiger partial charge < -0.3 is 5.11 Å². The second kappa shape index (κ2) is 7.94. The highest BCUT2D eigenvalue weighted by molar-refractivity contribution is 5.77. The molecule has 1 atom stereocenters. The van der Waals surface area contributed by atoms with Crippen LogP contribution in [0, 0.1) is 17.8 Å². The van der Waals surface area contributed by atoms with Gasteiger partial charge in [-0.2, -0.15) is 0 Å². The molecule has 0 saturated heterocycles. The zero-order chi connectivity index (χ0) is 15.9. The van der Waals surface area contributed by atoms with E-state index in [1.54, 1.807) is 0 Å². The fraction of sp³-hybridized carbons (Fsp3) is 0.529. The van der Waals surface area contributed by atoms with Crippen molar-refractivity contribution in [1.82, 2.24) is 5.48 Å². The van der Waals surface area contributed by atoms with Crippen molar-refractivity contribution in [2.24, 2.45) is 17.8 Å². The number of hydrogen-bond acceptors (Lipinski definition) is 3. The highest BCUT2D eigenvalue weighted by Crippen LogP contribution is 2.33. The molecule has 1 fully saturated rings. The van der Waals surface area contributed by atoms with Crippen LogP contribution in [0.3, 0.4) is 0 Å². The van der Waals surface area contributed by atoms with Gasteiger partial charge in [0, 0.05) is 5.92 Å². The Morgan fingerprint density at radius 2 is 1.86 bits per heavy atom. The Morgan fingerprint density at radius 3 is 2.45 bits per heavy atom. The number of nitrogens with one attached hydrogen (secondary N) is 1. The van der Waals surface area contributed by atoms with Crippen LogP contribution in [0.5, 0.6) is 0 Å². The first-order valence-corrected chi connectivity index (χ1v) is 7.76. The van der Waals surface area contributed by atoms with Gasteiger partial charge in [0.25, 0.3) is 0 Å². The van der Waals surface area contributed by atoms with Crippen LogP contribution in [0.1, 0.15) is 38.2 Å². The number of carbonyl (C=O) groups is 2. The zero-order valence-electron chi connectivity index (χ0n) is 12.8. The van der Waals surface area contributed by atoms with Crippen molar-refractivity contribution in [2.45, 2.75) is 39.2 Å². The molecular weight excluding hydrogens is 282 g/mol. The number of rotatable bonds is 6. The maximum Gasteiger partial charge on any atom is 0.306 e. The normalized spacial score (nSPS) is 22.8. The Hall–Kier alpha value is -1.88. The van der Waals surface area contributed by atoms with Gasteiger partial charge in [0.1, 0.15) is 0 Å². The average Bonchev–Trinajstić information content (AvgIpc) is 2.55. The third-order valence-electron chi connectivity index (χ3n) is 4.50. The third-order valence-corrected chi connectivity index (χ3v) is 4.50. The number of carbonyl (C=O) groups excluding carboxylic acids is 1. The largest absolute Gasteiger partial charge is 0.481 e. The number of carboxylic acids is 1. The van der Waals surface area contributed by atoms with E-state index in [4.69, 9.17) is 9.94 Å². The van der Waals surface area contributed by atoms with Crippen LogP contribution < -0.4 is 5.48 Å². The predicted octanol–water partition coefficient (Wildman–Crippen LogP) is 2.76. The number of carboxylic acid groups (broad SMARTS) is 1. The van der Waals surface area contributed by atoms with Crippen LogP contribution in [0.15, 0.2) is 30.3 Å². The minimum atomic E-state index is -0.721. The molecule has 1 aliphatic rings. The zero-order valence-corrected chi connectivity index (χ0v) is 12.8. The minimum Gasteiger partial charge on any atom is -0.481 e. The smallest absolute Gasteiger partial charge is 0.306 e. The maximum absolute atomic E-state index is 12.1. The molecule has 0 aromatic heterocycles. The summed E-state index contributed by atoms with van der Waals surface area (Å²) in [5.74, 6) is -1.03. The van der Waals surface area contributed by atoms with Crippen molar-refractivity contribution in [3.63, 3.8) is 0 Å². The van der Waals surface area contributed by atoms with E-state index >= 15 is 0 Å². The molecule has 2 N–H and O–H groups in total. The van der Waals surface area contributed by atoms with Gasteiger partial charge >= 0.3 is 5.97 Å². The van der Waals surface area contributed by atoms with E-state index in [0.29, 0.717) is 19.4 Å². The molecule has 2 rings (SSSR count). The Balaban J connectivity index is 1.72. The van der Waals surface area contributed by atoms with Crippen LogP contribution in [-0.2, 0) is 21.0 Å². The number of hydroxylamine groups is 1. The van der Waals surface area contributed by atoms with Crippen LogP contribution in [0.4, 0.5) is 0 Å². The van der Waals surface area contributed by atoms with Gasteiger partial charge in [-0.25, -0.2) is 5.48 Å². The van der Waals surface area contributed by atoms with E-state index in [0.717, 1.165) is 18.4 Å². The fourth-order valence-electron chi connectivity index (χ4n) is 2.94. The first-order valence-electron chi connectivity index (χ1n) is 7.76. The van der Waals surface area contributed by atoms with E-state index in [1.165, 1.54) is 0 Å². The van der Waals surface area contributed by atoms with E-state index in [-0.39, 0.29) is 23.7 Å². The summed E-state index contributed by atoms with van der Waals surface area (Å²) in [7, 11) is 0. The molecule has 0 heterocycles. The van der Waals surface area contributed by atoms with E-state index in [2.05, 4.69) is 5.48 Å². The van der Waals surface area contributed by atoms with Gasteiger partial charge in [-0.05, 0) is 37.2 Å². The molecule has 1 amide bonds. The molecule has 1 saturated carbocycles. The van der Waals surface area contributed by atoms with Gasteiger partial charge in [0.15, 0.2) is 0 Å². The second-order valence-corrected chi connectivity index (χ2v) is 5.98. The van der Waals surface area contributed by atoms with Gasteiger partial charge in [-0.3, -0.25) is 14.4 Å². The molecule has 120 valence electrons. The van der Waals surface area contributed by atoms with Crippen molar-refractivity contribution >= 4 is 11.9 Å². The lowest BCUT2D eigenvalue weighted by atomic mass is 9.76. The number of aliphatic carboxylic acids is 1. The standard InChI is InChI=1S/C17H23NO4/c1-12(14-7-9-15(10-8-14)17(20)21)16(19)18-22-11-13-5-3-2-4-6-13/h2-6,12,14-15H,7-11H2,1H3,(H,18,19)(H,20,21). The highest BCUT2D eigenvalue weighted by Gasteiger charge is 2.31. The monoisotopic (exact) mass is 305 g/mol. The molecule has 1 aromatic rings. The molecule has 22 heavy (non-hydrogen) atoms. The lowest BCUT2D eigenvalue weighted by Gasteiger charge is -2.29. The molecule has 5 nitrogen and oxygen atoms in total. The Kier molecular flexibility index (Phi) is 5.95. The number of amides is 1. The summed E-state index contributed by atoms with van der Waals surface area (Å²) in [6.07, 6.45) is 2.87. The SMILES string of the molecule is CC(C(=O)NOCc1ccccc1)C1CCC(C(=O)O)CC1. The maximum atomic E-state index is 12.1. The molecule has 0 spiro atoms. The van der Waals surface area contributed by atoms with Gasteiger partial charge in [0.2, 0.25) is 5.91 Å². The van der Waals surface area contributed by atoms with Gasteiger partial charge in [0.05, 0.1) is 12.5 Å². The summed E-state index contributed by atoms with van der Waals surface area (Å²) in [5.41, 5.74) is 3.50. The Morgan fingerprint density at radius 1 is 1.23 bits per heavy atom. The van der Waals surface area contributed by atoms with Crippen LogP contribution in [0.25, 0.3) is 0 Å². The van der Waals surface area contributed by atoms with Crippen LogP contribution in [-0.4, -0.2) is 17.0 Å². The molecule has 5 heteroatoms. The molecule has 0 bridgehead atoms. The summed E-state index contributed by atoms with van der Waals surface area (Å²) < 4.78 is 0. The second-order valence-electron chi connectivity index (χ2n) is 5.98. The number of hydrogen-bond donors (Lipinski definition) is 2. The van der Waals surface area contributed by atoms with Gasteiger partial charge in [-0.15, -0.1) is 0 Å². The Bertz CT molecular complexity index is 495. The molecule has 0 radical (unpaired) electrons. The van der Waals surface area contributed by atoms with E-state index in [9.17, 15) is 9.59 Å². The first-order chi connectivity index (χ1) is 10.6. The Labute approximate surface area is 130 Å². The molecule has 1 unspecified atom stereocenters. The van der Waals surface area contributed by atoms with Crippen molar-refractivity contribution in [1.29, 1.82) is 0 Å². The highest BCUT2D eigenvalue weighted by atomic mass is 16.6. The summed E-state index contributed by atoms with van der Waals surface area (Å²) >= 11 is 0. The summed E-state index contributed by atoms with van der Waals surface area (Å²) in [6, 6.07) is 9.64. The lowest BCUT2D eigenvalue weighted by molar-refractivity contribution is -0.144. The molecule has 1 aromatic carbocycles. The van der Waals surface area contributed by atoms with Crippen molar-refractivity contribution in [2.75, 3.05) is 0 Å². The summed E-state index contributed by atoms with van der Waals surface area (Å²) in [6.45, 7) is 2.22. The van der Waals surface area contributed by atoms with Crippen molar-refractivity contribution < 1.29 is 19.5 Å². The van der Waals surface area contributed by atoms with E-state index in [1.807, 2.05) is 37.3 Å². The molecule has 1 aliphatic carbocycles. The van der Waals surface area contributed by atoms with Crippen LogP contribution >= 0.6 is 0 Å². The van der Waals surface area contributed by atoms with Crippen LogP contribution in [0.2, 0.25) is 0 Å². The van der Waals surface area contributed by atoms with Crippen molar-refractivity contribution in [3.05, 3.63) is 35.9 Å². The molecular formula is C17H23NO4. The predicted molar refractivity (Wildman–Crippen MR) is 81.6 cm³/mol. The van der Waals surface area contributed by atoms with E-state index < -0.39 is 5.97 Å². The number of benzene rings is 1. The topological polar surface area (TPSA) is 75.6 Å². The third kappa shape index (κ3) is 4.56. The quantitative estimate of drug-likeness (QED) is 0.792. The summed E-state index contributed by atoms with van der Waals surface area (Å²) in [4.78, 5) is 28.3. The lowest BCUT2D eigenvalue weighted by Crippen LogP contribution is -2.35. The molecule has 0 aliphatic heterocycles.